The second-order valence-electron chi connectivity index (χ2n) is 4.89. The van der Waals surface area contributed by atoms with Crippen LogP contribution in [-0.2, 0) is 0 Å². The summed E-state index contributed by atoms with van der Waals surface area (Å²) in [6.07, 6.45) is 0. The van der Waals surface area contributed by atoms with Crippen molar-refractivity contribution >= 4 is 58.0 Å². The summed E-state index contributed by atoms with van der Waals surface area (Å²) in [6.45, 7) is 5.17. The molecule has 22 heavy (non-hydrogen) atoms. The minimum atomic E-state index is -0.287. The smallest absolute Gasteiger partial charge is 0.154 e. The van der Waals surface area contributed by atoms with E-state index in [4.69, 9.17) is 58.0 Å². The topological polar surface area (TPSA) is 40.5 Å². The van der Waals surface area contributed by atoms with Crippen molar-refractivity contribution in [2.45, 2.75) is 20.8 Å². The van der Waals surface area contributed by atoms with E-state index in [0.29, 0.717) is 27.8 Å². The van der Waals surface area contributed by atoms with Crippen LogP contribution >= 0.6 is 58.0 Å². The van der Waals surface area contributed by atoms with Crippen LogP contribution in [0.15, 0.2) is 0 Å². The van der Waals surface area contributed by atoms with E-state index in [-0.39, 0.29) is 36.6 Å². The van der Waals surface area contributed by atoms with Gasteiger partial charge in [0.2, 0.25) is 0 Å². The molecule has 0 aliphatic carbocycles. The zero-order chi connectivity index (χ0) is 16.9. The zero-order valence-electron chi connectivity index (χ0n) is 11.8. The van der Waals surface area contributed by atoms with Crippen LogP contribution in [0.25, 0.3) is 11.1 Å². The van der Waals surface area contributed by atoms with E-state index in [2.05, 4.69) is 0 Å². The maximum Gasteiger partial charge on any atom is 0.154 e. The number of rotatable bonds is 1. The summed E-state index contributed by atoms with van der Waals surface area (Å²) in [5.74, 6) is -0.373. The molecule has 0 amide bonds. The highest BCUT2D eigenvalue weighted by Crippen LogP contribution is 2.51. The third kappa shape index (κ3) is 2.51. The molecule has 0 aliphatic heterocycles. The molecule has 0 unspecified atom stereocenters. The van der Waals surface area contributed by atoms with Gasteiger partial charge in [0, 0.05) is 11.1 Å². The van der Waals surface area contributed by atoms with E-state index >= 15 is 0 Å². The molecule has 118 valence electrons. The van der Waals surface area contributed by atoms with Gasteiger partial charge in [-0.2, -0.15) is 0 Å². The molecule has 0 saturated heterocycles. The van der Waals surface area contributed by atoms with Gasteiger partial charge in [-0.05, 0) is 37.5 Å². The second-order valence-corrected chi connectivity index (χ2v) is 6.78. The zero-order valence-corrected chi connectivity index (χ0v) is 15.6. The van der Waals surface area contributed by atoms with E-state index in [9.17, 15) is 10.2 Å². The summed E-state index contributed by atoms with van der Waals surface area (Å²) in [7, 11) is 0. The average molecular weight is 401 g/mol. The van der Waals surface area contributed by atoms with Gasteiger partial charge in [0.1, 0.15) is 15.8 Å². The van der Waals surface area contributed by atoms with Gasteiger partial charge in [0.25, 0.3) is 0 Å². The molecular formula is C15H11Cl5O2. The second kappa shape index (κ2) is 6.18. The van der Waals surface area contributed by atoms with Crippen LogP contribution in [0.5, 0.6) is 11.5 Å². The highest BCUT2D eigenvalue weighted by molar-refractivity contribution is 6.48. The van der Waals surface area contributed by atoms with E-state index < -0.39 is 0 Å². The van der Waals surface area contributed by atoms with E-state index in [0.717, 1.165) is 0 Å². The van der Waals surface area contributed by atoms with Gasteiger partial charge in [-0.15, -0.1) is 0 Å². The molecule has 2 aromatic carbocycles. The van der Waals surface area contributed by atoms with E-state index in [1.54, 1.807) is 20.8 Å². The molecule has 2 aromatic rings. The number of benzene rings is 2. The number of phenols is 2. The molecular weight excluding hydrogens is 389 g/mol. The van der Waals surface area contributed by atoms with Crippen molar-refractivity contribution in [1.82, 2.24) is 0 Å². The molecule has 2 N–H and O–H groups in total. The minimum absolute atomic E-state index is 0.0237. The lowest BCUT2D eigenvalue weighted by atomic mass is 9.93. The predicted molar refractivity (Wildman–Crippen MR) is 94.5 cm³/mol. The molecule has 0 radical (unpaired) electrons. The van der Waals surface area contributed by atoms with Gasteiger partial charge < -0.3 is 10.2 Å². The highest BCUT2D eigenvalue weighted by atomic mass is 35.5. The first-order chi connectivity index (χ1) is 10.1. The molecule has 7 heteroatoms. The highest BCUT2D eigenvalue weighted by Gasteiger charge is 2.25. The van der Waals surface area contributed by atoms with Crippen molar-refractivity contribution in [3.05, 3.63) is 41.8 Å². The molecule has 0 bridgehead atoms. The summed E-state index contributed by atoms with van der Waals surface area (Å²) >= 11 is 30.8. The largest absolute Gasteiger partial charge is 0.506 e. The Morgan fingerprint density at radius 1 is 0.500 bits per heavy atom. The molecule has 0 heterocycles. The van der Waals surface area contributed by atoms with Crippen LogP contribution < -0.4 is 0 Å². The average Bonchev–Trinajstić information content (AvgIpc) is 2.50. The fraction of sp³-hybridized carbons (Fsp3) is 0.200. The first-order valence-electron chi connectivity index (χ1n) is 6.14. The van der Waals surface area contributed by atoms with Gasteiger partial charge in [0.15, 0.2) is 5.75 Å². The number of hydrogen-bond acceptors (Lipinski definition) is 2. The monoisotopic (exact) mass is 398 g/mol. The summed E-state index contributed by atoms with van der Waals surface area (Å²) < 4.78 is 0. The Labute approximate surface area is 153 Å². The van der Waals surface area contributed by atoms with Gasteiger partial charge in [-0.1, -0.05) is 58.0 Å². The molecule has 0 aromatic heterocycles. The number of phenolic OH excluding ortho intramolecular Hbond substituents is 2. The molecule has 2 rings (SSSR count). The summed E-state index contributed by atoms with van der Waals surface area (Å²) in [4.78, 5) is 0. The van der Waals surface area contributed by atoms with Crippen molar-refractivity contribution in [2.75, 3.05) is 0 Å². The Kier molecular flexibility index (Phi) is 5.01. The summed E-state index contributed by atoms with van der Waals surface area (Å²) in [5, 5.41) is 20.2. The lowest BCUT2D eigenvalue weighted by Gasteiger charge is -2.20. The third-order valence-electron chi connectivity index (χ3n) is 3.70. The van der Waals surface area contributed by atoms with Crippen LogP contribution in [-0.4, -0.2) is 10.2 Å². The Hall–Kier alpha value is -0.510. The Balaban J connectivity index is 3.03. The van der Waals surface area contributed by atoms with Crippen molar-refractivity contribution in [2.24, 2.45) is 0 Å². The molecule has 0 spiro atoms. The molecule has 0 saturated carbocycles. The molecule has 2 nitrogen and oxygen atoms in total. The fourth-order valence-corrected chi connectivity index (χ4v) is 3.58. The first kappa shape index (κ1) is 17.8. The van der Waals surface area contributed by atoms with Crippen molar-refractivity contribution in [3.8, 4) is 22.6 Å². The molecule has 0 fully saturated rings. The van der Waals surface area contributed by atoms with E-state index in [1.165, 1.54) is 0 Å². The maximum atomic E-state index is 9.99. The van der Waals surface area contributed by atoms with Crippen LogP contribution in [0.3, 0.4) is 0 Å². The maximum absolute atomic E-state index is 9.99. The third-order valence-corrected chi connectivity index (χ3v) is 5.84. The van der Waals surface area contributed by atoms with Gasteiger partial charge >= 0.3 is 0 Å². The standard InChI is InChI=1S/C15H11Cl5O2/c1-4-5(2)14(21)12(19)10(17)7(4)8-6(3)9(16)15(22)13(20)11(8)18/h21-22H,1-3H3. The quantitative estimate of drug-likeness (QED) is 0.508. The molecule has 0 aliphatic rings. The SMILES string of the molecule is Cc1c(C)c(-c2c(C)c(Cl)c(O)c(Cl)c2Cl)c(Cl)c(Cl)c1O. The van der Waals surface area contributed by atoms with Crippen LogP contribution in [0.4, 0.5) is 0 Å². The van der Waals surface area contributed by atoms with Gasteiger partial charge in [-0.3, -0.25) is 0 Å². The fourth-order valence-electron chi connectivity index (χ4n) is 2.26. The van der Waals surface area contributed by atoms with Gasteiger partial charge in [0.05, 0.1) is 15.1 Å². The van der Waals surface area contributed by atoms with Crippen LogP contribution in [0.2, 0.25) is 25.1 Å². The Bertz CT molecular complexity index is 674. The number of aromatic hydroxyl groups is 2. The Morgan fingerprint density at radius 3 is 1.41 bits per heavy atom. The van der Waals surface area contributed by atoms with Crippen molar-refractivity contribution in [3.63, 3.8) is 0 Å². The Morgan fingerprint density at radius 2 is 0.909 bits per heavy atom. The first-order valence-corrected chi connectivity index (χ1v) is 8.03. The minimum Gasteiger partial charge on any atom is -0.506 e. The lowest BCUT2D eigenvalue weighted by Crippen LogP contribution is -1.96. The predicted octanol–water partition coefficient (Wildman–Crippen LogP) is 6.96. The van der Waals surface area contributed by atoms with Gasteiger partial charge in [-0.25, -0.2) is 0 Å². The van der Waals surface area contributed by atoms with Crippen LogP contribution in [0, 0.1) is 20.8 Å². The van der Waals surface area contributed by atoms with E-state index in [1.807, 2.05) is 0 Å². The number of hydrogen-bond donors (Lipinski definition) is 2. The molecule has 0 atom stereocenters. The number of halogens is 5. The van der Waals surface area contributed by atoms with Crippen molar-refractivity contribution in [1.29, 1.82) is 0 Å². The summed E-state index contributed by atoms with van der Waals surface area (Å²) in [5.41, 5.74) is 2.77. The summed E-state index contributed by atoms with van der Waals surface area (Å²) in [6, 6.07) is 0. The normalized spacial score (nSPS) is 11.1. The van der Waals surface area contributed by atoms with Crippen molar-refractivity contribution < 1.29 is 10.2 Å². The van der Waals surface area contributed by atoms with Crippen LogP contribution in [0.1, 0.15) is 16.7 Å². The lowest BCUT2D eigenvalue weighted by molar-refractivity contribution is 0.471.